The SMILES string of the molecule is C#Cc1ccc(C(C(=O)NCCCCC)N(CCCCCCC)C(=O)C(C)NC(=O)OC(C)(C)C)cc1. The fraction of sp³-hybridized carbons (Fsp3) is 0.633. The van der Waals surface area contributed by atoms with Crippen LogP contribution < -0.4 is 10.6 Å². The molecule has 7 nitrogen and oxygen atoms in total. The first-order valence-corrected chi connectivity index (χ1v) is 13.7. The Bertz CT molecular complexity index is 884. The monoisotopic (exact) mass is 513 g/mol. The van der Waals surface area contributed by atoms with Crippen LogP contribution in [0.5, 0.6) is 0 Å². The van der Waals surface area contributed by atoms with Gasteiger partial charge in [0.05, 0.1) is 0 Å². The number of ether oxygens (including phenoxy) is 1. The molecule has 2 atom stereocenters. The molecule has 0 aromatic heterocycles. The summed E-state index contributed by atoms with van der Waals surface area (Å²) in [4.78, 5) is 41.2. The van der Waals surface area contributed by atoms with Crippen LogP contribution in [0, 0.1) is 12.3 Å². The van der Waals surface area contributed by atoms with Gasteiger partial charge in [0.25, 0.3) is 0 Å². The second-order valence-corrected chi connectivity index (χ2v) is 10.5. The number of carbonyl (C=O) groups excluding carboxylic acids is 3. The molecule has 2 unspecified atom stereocenters. The van der Waals surface area contributed by atoms with Crippen molar-refractivity contribution in [3.8, 4) is 12.3 Å². The van der Waals surface area contributed by atoms with Gasteiger partial charge in [-0.05, 0) is 58.2 Å². The third-order valence-electron chi connectivity index (χ3n) is 5.92. The highest BCUT2D eigenvalue weighted by atomic mass is 16.6. The van der Waals surface area contributed by atoms with Crippen molar-refractivity contribution < 1.29 is 19.1 Å². The molecule has 0 aliphatic heterocycles. The van der Waals surface area contributed by atoms with Gasteiger partial charge in [0.15, 0.2) is 0 Å². The van der Waals surface area contributed by atoms with Crippen molar-refractivity contribution in [2.45, 2.75) is 111 Å². The molecule has 1 aromatic rings. The van der Waals surface area contributed by atoms with Crippen molar-refractivity contribution in [1.82, 2.24) is 15.5 Å². The predicted molar refractivity (Wildman–Crippen MR) is 149 cm³/mol. The average Bonchev–Trinajstić information content (AvgIpc) is 2.84. The van der Waals surface area contributed by atoms with E-state index in [1.807, 2.05) is 0 Å². The maximum Gasteiger partial charge on any atom is 0.408 e. The van der Waals surface area contributed by atoms with Crippen LogP contribution in [0.15, 0.2) is 24.3 Å². The van der Waals surface area contributed by atoms with Crippen molar-refractivity contribution in [3.63, 3.8) is 0 Å². The van der Waals surface area contributed by atoms with Crippen molar-refractivity contribution in [1.29, 1.82) is 0 Å². The minimum absolute atomic E-state index is 0.240. The Kier molecular flexibility index (Phi) is 14.4. The summed E-state index contributed by atoms with van der Waals surface area (Å²) in [6, 6.07) is 5.45. The lowest BCUT2D eigenvalue weighted by Crippen LogP contribution is -2.52. The molecule has 2 N–H and O–H groups in total. The van der Waals surface area contributed by atoms with Gasteiger partial charge < -0.3 is 20.3 Å². The molecule has 7 heteroatoms. The van der Waals surface area contributed by atoms with E-state index in [9.17, 15) is 14.4 Å². The number of hydrogen-bond donors (Lipinski definition) is 2. The summed E-state index contributed by atoms with van der Waals surface area (Å²) in [7, 11) is 0. The second kappa shape index (κ2) is 16.7. The Balaban J connectivity index is 3.26. The average molecular weight is 514 g/mol. The molecule has 0 saturated heterocycles. The van der Waals surface area contributed by atoms with E-state index in [0.29, 0.717) is 24.2 Å². The summed E-state index contributed by atoms with van der Waals surface area (Å²) in [5.41, 5.74) is 0.688. The Labute approximate surface area is 224 Å². The van der Waals surface area contributed by atoms with E-state index >= 15 is 0 Å². The van der Waals surface area contributed by atoms with E-state index < -0.39 is 23.8 Å². The van der Waals surface area contributed by atoms with Gasteiger partial charge in [0.2, 0.25) is 11.8 Å². The van der Waals surface area contributed by atoms with E-state index in [1.165, 1.54) is 0 Å². The molecule has 1 rings (SSSR count). The number of terminal acetylenes is 1. The predicted octanol–water partition coefficient (Wildman–Crippen LogP) is 5.73. The van der Waals surface area contributed by atoms with Crippen LogP contribution >= 0.6 is 0 Å². The fourth-order valence-electron chi connectivity index (χ4n) is 3.96. The van der Waals surface area contributed by atoms with Gasteiger partial charge in [-0.15, -0.1) is 6.42 Å². The molecule has 1 aromatic carbocycles. The first-order chi connectivity index (χ1) is 17.5. The Morgan fingerprint density at radius 2 is 1.57 bits per heavy atom. The standard InChI is InChI=1S/C30H47N3O4/c1-8-11-13-14-16-22-33(28(35)23(4)32-29(36)37-30(5,6)7)26(27(34)31-21-15-12-9-2)25-19-17-24(10-3)18-20-25/h3,17-20,23,26H,8-9,11-16,21-22H2,1-2,4-7H3,(H,31,34)(H,32,36). The Hall–Kier alpha value is -3.01. The quantitative estimate of drug-likeness (QED) is 0.232. The first kappa shape index (κ1) is 32.0. The van der Waals surface area contributed by atoms with Crippen molar-refractivity contribution in [3.05, 3.63) is 35.4 Å². The number of hydrogen-bond acceptors (Lipinski definition) is 4. The van der Waals surface area contributed by atoms with E-state index in [2.05, 4.69) is 30.4 Å². The molecule has 0 bridgehead atoms. The normalized spacial score (nSPS) is 12.7. The largest absolute Gasteiger partial charge is 0.444 e. The van der Waals surface area contributed by atoms with E-state index in [1.54, 1.807) is 56.9 Å². The van der Waals surface area contributed by atoms with Crippen molar-refractivity contribution >= 4 is 17.9 Å². The Morgan fingerprint density at radius 3 is 2.14 bits per heavy atom. The van der Waals surface area contributed by atoms with Crippen LogP contribution in [-0.2, 0) is 14.3 Å². The molecule has 0 spiro atoms. The zero-order chi connectivity index (χ0) is 27.8. The van der Waals surface area contributed by atoms with E-state index in [-0.39, 0.29) is 11.8 Å². The highest BCUT2D eigenvalue weighted by Gasteiger charge is 2.34. The van der Waals surface area contributed by atoms with Crippen LogP contribution in [0.25, 0.3) is 0 Å². The highest BCUT2D eigenvalue weighted by Crippen LogP contribution is 2.24. The third-order valence-corrected chi connectivity index (χ3v) is 5.92. The smallest absolute Gasteiger partial charge is 0.408 e. The van der Waals surface area contributed by atoms with Gasteiger partial charge >= 0.3 is 6.09 Å². The molecular weight excluding hydrogens is 466 g/mol. The Morgan fingerprint density at radius 1 is 0.973 bits per heavy atom. The molecule has 0 saturated carbocycles. The lowest BCUT2D eigenvalue weighted by molar-refractivity contribution is -0.142. The first-order valence-electron chi connectivity index (χ1n) is 13.7. The number of nitrogens with zero attached hydrogens (tertiary/aromatic N) is 1. The van der Waals surface area contributed by atoms with Gasteiger partial charge in [0.1, 0.15) is 17.7 Å². The lowest BCUT2D eigenvalue weighted by Gasteiger charge is -2.34. The van der Waals surface area contributed by atoms with Crippen molar-refractivity contribution in [2.24, 2.45) is 0 Å². The summed E-state index contributed by atoms with van der Waals surface area (Å²) in [5, 5.41) is 5.66. The molecule has 0 aliphatic carbocycles. The van der Waals surface area contributed by atoms with Gasteiger partial charge in [0, 0.05) is 18.7 Å². The van der Waals surface area contributed by atoms with Gasteiger partial charge in [-0.1, -0.05) is 70.4 Å². The fourth-order valence-corrected chi connectivity index (χ4v) is 3.96. The minimum Gasteiger partial charge on any atom is -0.444 e. The third kappa shape index (κ3) is 12.2. The summed E-state index contributed by atoms with van der Waals surface area (Å²) < 4.78 is 5.34. The summed E-state index contributed by atoms with van der Waals surface area (Å²) >= 11 is 0. The van der Waals surface area contributed by atoms with Gasteiger partial charge in [-0.25, -0.2) is 4.79 Å². The van der Waals surface area contributed by atoms with Gasteiger partial charge in [-0.3, -0.25) is 9.59 Å². The second-order valence-electron chi connectivity index (χ2n) is 10.5. The minimum atomic E-state index is -0.870. The zero-order valence-electron chi connectivity index (χ0n) is 23.7. The molecular formula is C30H47N3O4. The molecule has 0 heterocycles. The number of nitrogens with one attached hydrogen (secondary N) is 2. The lowest BCUT2D eigenvalue weighted by atomic mass is 10.0. The van der Waals surface area contributed by atoms with Gasteiger partial charge in [-0.2, -0.15) is 0 Å². The number of alkyl carbamates (subject to hydrolysis) is 1. The van der Waals surface area contributed by atoms with E-state index in [0.717, 1.165) is 51.4 Å². The molecule has 206 valence electrons. The number of rotatable bonds is 15. The van der Waals surface area contributed by atoms with Crippen LogP contribution in [0.1, 0.15) is 110 Å². The number of amides is 3. The molecule has 0 radical (unpaired) electrons. The van der Waals surface area contributed by atoms with Crippen LogP contribution in [-0.4, -0.2) is 47.5 Å². The van der Waals surface area contributed by atoms with Crippen LogP contribution in [0.2, 0.25) is 0 Å². The topological polar surface area (TPSA) is 87.7 Å². The molecule has 3 amide bonds. The zero-order valence-corrected chi connectivity index (χ0v) is 23.7. The number of unbranched alkanes of at least 4 members (excludes halogenated alkanes) is 6. The van der Waals surface area contributed by atoms with E-state index in [4.69, 9.17) is 11.2 Å². The molecule has 37 heavy (non-hydrogen) atoms. The maximum absolute atomic E-state index is 13.7. The molecule has 0 aliphatic rings. The van der Waals surface area contributed by atoms with Crippen LogP contribution in [0.3, 0.4) is 0 Å². The summed E-state index contributed by atoms with van der Waals surface area (Å²) in [6.45, 7) is 12.1. The molecule has 0 fully saturated rings. The van der Waals surface area contributed by atoms with Crippen molar-refractivity contribution in [2.75, 3.05) is 13.1 Å². The maximum atomic E-state index is 13.7. The summed E-state index contributed by atoms with van der Waals surface area (Å²) in [5.74, 6) is 2.02. The highest BCUT2D eigenvalue weighted by molar-refractivity contribution is 5.92. The number of benzene rings is 1. The summed E-state index contributed by atoms with van der Waals surface area (Å²) in [6.07, 6.45) is 12.8. The van der Waals surface area contributed by atoms with Crippen LogP contribution in [0.4, 0.5) is 4.79 Å². The number of carbonyl (C=O) groups is 3.